The predicted octanol–water partition coefficient (Wildman–Crippen LogP) is 3.66. The zero-order valence-corrected chi connectivity index (χ0v) is 11.3. The van der Waals surface area contributed by atoms with Gasteiger partial charge in [0.25, 0.3) is 0 Å². The van der Waals surface area contributed by atoms with Crippen molar-refractivity contribution in [3.05, 3.63) is 12.7 Å². The van der Waals surface area contributed by atoms with Gasteiger partial charge in [0.15, 0.2) is 0 Å². The van der Waals surface area contributed by atoms with Gasteiger partial charge >= 0.3 is 40.5 Å². The van der Waals surface area contributed by atoms with E-state index in [1.807, 2.05) is 6.08 Å². The fourth-order valence-electron chi connectivity index (χ4n) is 0.204. The molecule has 0 aliphatic carbocycles. The van der Waals surface area contributed by atoms with Crippen LogP contribution in [0.2, 0.25) is 0 Å². The average molecular weight is 295 g/mol. The zero-order chi connectivity index (χ0) is 6.83. The zero-order valence-electron chi connectivity index (χ0n) is 5.16. The molecule has 0 aromatic rings. The van der Waals surface area contributed by atoms with Crippen LogP contribution in [0.3, 0.4) is 0 Å². The molecule has 0 aromatic heterocycles. The fourth-order valence-corrected chi connectivity index (χ4v) is 0.204. The number of allylic oxidation sites excluding steroid dienone is 1. The van der Waals surface area contributed by atoms with Crippen molar-refractivity contribution in [1.29, 1.82) is 0 Å². The third-order valence-electron chi connectivity index (χ3n) is 0.493. The summed E-state index contributed by atoms with van der Waals surface area (Å²) in [5, 5.41) is 0. The number of hydrogen-bond acceptors (Lipinski definition) is 0. The molecule has 0 aliphatic heterocycles. The number of halogens is 2. The second-order valence-corrected chi connectivity index (χ2v) is 15.2. The molecule has 0 aromatic carbocycles. The van der Waals surface area contributed by atoms with Gasteiger partial charge in [-0.3, -0.25) is 0 Å². The van der Waals surface area contributed by atoms with Crippen molar-refractivity contribution in [2.24, 2.45) is 0 Å². The molecular weight excluding hydrogens is 285 g/mol. The summed E-state index contributed by atoms with van der Waals surface area (Å²) in [6.45, 7) is 5.69. The van der Waals surface area contributed by atoms with Crippen LogP contribution in [0.1, 0.15) is 19.8 Å². The third-order valence-corrected chi connectivity index (χ3v) is 0.493. The van der Waals surface area contributed by atoms with Gasteiger partial charge in [0.1, 0.15) is 0 Å². The predicted molar refractivity (Wildman–Crippen MR) is 43.0 cm³/mol. The third kappa shape index (κ3) is 26.5. The number of rotatable bonds is 2. The van der Waals surface area contributed by atoms with Gasteiger partial charge in [-0.05, 0) is 6.42 Å². The molecule has 3 heteroatoms. The van der Waals surface area contributed by atoms with Crippen molar-refractivity contribution in [2.45, 2.75) is 19.8 Å². The summed E-state index contributed by atoms with van der Waals surface area (Å²) in [5.41, 5.74) is 0. The van der Waals surface area contributed by atoms with E-state index in [0.717, 1.165) is 6.42 Å². The molecule has 0 radical (unpaired) electrons. The maximum atomic E-state index is 3.55. The van der Waals surface area contributed by atoms with Gasteiger partial charge in [0, 0.05) is 0 Å². The van der Waals surface area contributed by atoms with E-state index in [9.17, 15) is 0 Å². The van der Waals surface area contributed by atoms with Crippen molar-refractivity contribution in [2.75, 3.05) is 0 Å². The van der Waals surface area contributed by atoms with Crippen molar-refractivity contribution in [1.82, 2.24) is 0 Å². The Morgan fingerprint density at radius 2 is 2.00 bits per heavy atom. The summed E-state index contributed by atoms with van der Waals surface area (Å²) in [5.74, 6) is 0. The Kier molecular flexibility index (Phi) is 23.7. The van der Waals surface area contributed by atoms with Crippen molar-refractivity contribution < 1.29 is 13.2 Å². The molecule has 8 heavy (non-hydrogen) atoms. The van der Waals surface area contributed by atoms with E-state index in [0.29, 0.717) is 0 Å². The van der Waals surface area contributed by atoms with Crippen LogP contribution in [0.25, 0.3) is 0 Å². The van der Waals surface area contributed by atoms with E-state index in [1.165, 1.54) is 6.42 Å². The summed E-state index contributed by atoms with van der Waals surface area (Å²) < 4.78 is 0. The summed E-state index contributed by atoms with van der Waals surface area (Å²) in [6, 6.07) is 0. The SMILES string of the molecule is C=CCCC.[Br][Zn][Br]. The van der Waals surface area contributed by atoms with Gasteiger partial charge in [-0.1, -0.05) is 19.4 Å². The second kappa shape index (κ2) is 15.8. The normalized spacial score (nSPS) is 5.88. The summed E-state index contributed by atoms with van der Waals surface area (Å²) in [4.78, 5) is 0. The van der Waals surface area contributed by atoms with Crippen molar-refractivity contribution in [3.8, 4) is 0 Å². The van der Waals surface area contributed by atoms with Gasteiger partial charge in [-0.2, -0.15) is 0 Å². The second-order valence-electron chi connectivity index (χ2n) is 1.18. The first-order valence-corrected chi connectivity index (χ1v) is 16.5. The van der Waals surface area contributed by atoms with E-state index in [-0.39, 0.29) is 13.2 Å². The topological polar surface area (TPSA) is 0 Å². The molecule has 0 atom stereocenters. The Labute approximate surface area is 72.4 Å². The van der Waals surface area contributed by atoms with Gasteiger partial charge in [0.05, 0.1) is 0 Å². The summed E-state index contributed by atoms with van der Waals surface area (Å²) in [6.07, 6.45) is 4.31. The van der Waals surface area contributed by atoms with E-state index in [1.54, 1.807) is 0 Å². The van der Waals surface area contributed by atoms with Crippen LogP contribution >= 0.6 is 27.2 Å². The molecule has 0 nitrogen and oxygen atoms in total. The maximum absolute atomic E-state index is 3.55. The molecule has 0 fully saturated rings. The van der Waals surface area contributed by atoms with Gasteiger partial charge in [0.2, 0.25) is 0 Å². The van der Waals surface area contributed by atoms with Gasteiger partial charge in [-0.25, -0.2) is 0 Å². The molecular formula is C5H10Br2Zn. The molecule has 0 N–H and O–H groups in total. The Morgan fingerprint density at radius 1 is 1.62 bits per heavy atom. The Balaban J connectivity index is 0. The molecule has 0 rings (SSSR count). The molecule has 0 amide bonds. The Bertz CT molecular complexity index is 39.4. The molecule has 0 unspecified atom stereocenters. The van der Waals surface area contributed by atoms with Crippen LogP contribution in [0.4, 0.5) is 0 Å². The molecule has 0 aliphatic rings. The van der Waals surface area contributed by atoms with Crippen LogP contribution < -0.4 is 0 Å². The number of hydrogen-bond donors (Lipinski definition) is 0. The first-order valence-electron chi connectivity index (χ1n) is 2.56. The van der Waals surface area contributed by atoms with Crippen molar-refractivity contribution in [3.63, 3.8) is 0 Å². The Hall–Kier alpha value is 1.32. The van der Waals surface area contributed by atoms with Crippen LogP contribution in [0, 0.1) is 0 Å². The first kappa shape index (κ1) is 12.0. The standard InChI is InChI=1S/C5H10.2BrH.Zn/c1-3-5-4-2;;;/h3H,1,4-5H2,2H3;2*1H;/q;;;+2/p-2. The van der Waals surface area contributed by atoms with E-state index in [4.69, 9.17) is 0 Å². The molecule has 0 saturated carbocycles. The number of unbranched alkanes of at least 4 members (excludes halogenated alkanes) is 1. The van der Waals surface area contributed by atoms with Crippen LogP contribution in [0.5, 0.6) is 0 Å². The molecule has 0 bridgehead atoms. The summed E-state index contributed by atoms with van der Waals surface area (Å²) >= 11 is 6.25. The summed E-state index contributed by atoms with van der Waals surface area (Å²) in [7, 11) is 0. The Morgan fingerprint density at radius 3 is 2.00 bits per heavy atom. The van der Waals surface area contributed by atoms with E-state index in [2.05, 4.69) is 40.7 Å². The minimum absolute atomic E-state index is 0.250. The molecule has 46 valence electrons. The van der Waals surface area contributed by atoms with Crippen LogP contribution in [0.15, 0.2) is 12.7 Å². The van der Waals surface area contributed by atoms with E-state index < -0.39 is 0 Å². The van der Waals surface area contributed by atoms with Crippen molar-refractivity contribution >= 4 is 27.2 Å². The quantitative estimate of drug-likeness (QED) is 0.539. The fraction of sp³-hybridized carbons (Fsp3) is 0.600. The monoisotopic (exact) mass is 292 g/mol. The van der Waals surface area contributed by atoms with Gasteiger partial charge < -0.3 is 0 Å². The van der Waals surface area contributed by atoms with Gasteiger partial charge in [-0.15, -0.1) is 6.58 Å². The average Bonchev–Trinajstić information content (AvgIpc) is 1.71. The first-order chi connectivity index (χ1) is 3.83. The van der Waals surface area contributed by atoms with E-state index >= 15 is 0 Å². The van der Waals surface area contributed by atoms with Crippen LogP contribution in [-0.2, 0) is 13.2 Å². The minimum atomic E-state index is -0.250. The molecule has 0 spiro atoms. The molecule has 0 heterocycles. The molecule has 0 saturated heterocycles. The van der Waals surface area contributed by atoms with Crippen LogP contribution in [-0.4, -0.2) is 0 Å².